The lowest BCUT2D eigenvalue weighted by Gasteiger charge is -2.37. The highest BCUT2D eigenvalue weighted by atomic mass is 16.6. The number of ether oxygens (including phenoxy) is 3. The maximum absolute atomic E-state index is 14.8. The Balaban J connectivity index is 1.38. The second kappa shape index (κ2) is 24.9. The van der Waals surface area contributed by atoms with E-state index in [-0.39, 0.29) is 87.3 Å². The fraction of sp³-hybridized carbons (Fsp3) is 0.583. The molecule has 1 saturated carbocycles. The zero-order valence-electron chi connectivity index (χ0n) is 45.8. The van der Waals surface area contributed by atoms with Crippen molar-refractivity contribution in [1.82, 2.24) is 5.32 Å². The lowest BCUT2D eigenvalue weighted by Crippen LogP contribution is -2.47. The number of carbonyl (C=O) groups is 7. The van der Waals surface area contributed by atoms with E-state index >= 15 is 0 Å². The van der Waals surface area contributed by atoms with Crippen molar-refractivity contribution in [3.63, 3.8) is 0 Å². The molecule has 0 bridgehead atoms. The van der Waals surface area contributed by atoms with Gasteiger partial charge in [0.15, 0.2) is 5.78 Å². The van der Waals surface area contributed by atoms with E-state index in [1.807, 2.05) is 120 Å². The van der Waals surface area contributed by atoms with Crippen molar-refractivity contribution in [2.75, 3.05) is 22.9 Å². The number of esters is 2. The van der Waals surface area contributed by atoms with Crippen LogP contribution in [0.5, 0.6) is 5.75 Å². The molecule has 13 heteroatoms. The van der Waals surface area contributed by atoms with E-state index in [2.05, 4.69) is 10.2 Å². The van der Waals surface area contributed by atoms with Crippen LogP contribution in [0, 0.1) is 23.2 Å². The first kappa shape index (κ1) is 58.0. The van der Waals surface area contributed by atoms with Gasteiger partial charge in [-0.25, -0.2) is 4.79 Å². The number of nitrogens with one attached hydrogen (secondary N) is 1. The van der Waals surface area contributed by atoms with Gasteiger partial charge in [-0.15, -0.1) is 0 Å². The van der Waals surface area contributed by atoms with E-state index in [0.29, 0.717) is 11.4 Å². The molecule has 2 aliphatic rings. The smallest absolute Gasteiger partial charge is 0.329 e. The number of para-hydroxylation sites is 2. The minimum absolute atomic E-state index is 0.108. The molecule has 398 valence electrons. The van der Waals surface area contributed by atoms with Crippen molar-refractivity contribution in [2.24, 2.45) is 23.2 Å². The van der Waals surface area contributed by atoms with Crippen molar-refractivity contribution < 1.29 is 47.8 Å². The van der Waals surface area contributed by atoms with Crippen LogP contribution >= 0.6 is 0 Å². The zero-order chi connectivity index (χ0) is 53.9. The Kier molecular flexibility index (Phi) is 19.8. The molecule has 0 radical (unpaired) electrons. The third-order valence-electron chi connectivity index (χ3n) is 13.1. The number of fused-ring (bicyclic) bond motifs is 1. The molecule has 1 aliphatic carbocycles. The van der Waals surface area contributed by atoms with Crippen LogP contribution in [0.1, 0.15) is 158 Å². The lowest BCUT2D eigenvalue weighted by atomic mass is 9.88. The summed E-state index contributed by atoms with van der Waals surface area (Å²) < 4.78 is 17.5. The van der Waals surface area contributed by atoms with Gasteiger partial charge >= 0.3 is 11.9 Å². The maximum Gasteiger partial charge on any atom is 0.329 e. The van der Waals surface area contributed by atoms with Gasteiger partial charge in [-0.1, -0.05) is 94.6 Å². The first-order chi connectivity index (χ1) is 34.0. The van der Waals surface area contributed by atoms with Gasteiger partial charge in [0.05, 0.1) is 29.8 Å². The number of ketones is 3. The normalized spacial score (nSPS) is 17.1. The molecule has 73 heavy (non-hydrogen) atoms. The Labute approximate surface area is 434 Å². The number of benzene rings is 3. The minimum atomic E-state index is -1.26. The Morgan fingerprint density at radius 3 is 1.77 bits per heavy atom. The Morgan fingerprint density at radius 2 is 1.18 bits per heavy atom. The summed E-state index contributed by atoms with van der Waals surface area (Å²) in [6.45, 7) is 21.9. The molecule has 4 atom stereocenters. The van der Waals surface area contributed by atoms with E-state index in [9.17, 15) is 33.6 Å². The van der Waals surface area contributed by atoms with Crippen LogP contribution in [0.25, 0.3) is 0 Å². The minimum Gasteiger partial charge on any atom is -0.488 e. The zero-order valence-corrected chi connectivity index (χ0v) is 45.8. The van der Waals surface area contributed by atoms with Crippen LogP contribution < -0.4 is 19.9 Å². The number of nitrogens with zero attached hydrogens (tertiary/aromatic N) is 2. The van der Waals surface area contributed by atoms with Crippen LogP contribution in [-0.4, -0.2) is 83.1 Å². The van der Waals surface area contributed by atoms with Gasteiger partial charge in [0.25, 0.3) is 0 Å². The Morgan fingerprint density at radius 1 is 0.630 bits per heavy atom. The van der Waals surface area contributed by atoms with Crippen LogP contribution in [-0.2, 0) is 55.9 Å². The summed E-state index contributed by atoms with van der Waals surface area (Å²) in [6, 6.07) is 23.2. The molecule has 1 N–H and O–H groups in total. The van der Waals surface area contributed by atoms with E-state index in [0.717, 1.165) is 48.9 Å². The molecule has 0 aromatic heterocycles. The highest BCUT2D eigenvalue weighted by Crippen LogP contribution is 2.40. The highest BCUT2D eigenvalue weighted by molar-refractivity contribution is 6.06. The van der Waals surface area contributed by atoms with Gasteiger partial charge in [0.1, 0.15) is 40.2 Å². The van der Waals surface area contributed by atoms with Gasteiger partial charge in [-0.2, -0.15) is 0 Å². The van der Waals surface area contributed by atoms with Crippen molar-refractivity contribution in [2.45, 2.75) is 189 Å². The molecule has 0 unspecified atom stereocenters. The fourth-order valence-corrected chi connectivity index (χ4v) is 9.46. The first-order valence-electron chi connectivity index (χ1n) is 26.4. The summed E-state index contributed by atoms with van der Waals surface area (Å²) >= 11 is 0. The second-order valence-corrected chi connectivity index (χ2v) is 24.2. The number of hydrogen-bond donors (Lipinski definition) is 1. The van der Waals surface area contributed by atoms with Crippen LogP contribution in [0.2, 0.25) is 0 Å². The number of carbonyl (C=O) groups excluding carboxylic acids is 7. The number of amides is 2. The molecular weight excluding hydrogens is 923 g/mol. The maximum atomic E-state index is 14.8. The molecule has 0 saturated heterocycles. The summed E-state index contributed by atoms with van der Waals surface area (Å²) in [5, 5.41) is 2.87. The van der Waals surface area contributed by atoms with E-state index in [4.69, 9.17) is 14.2 Å². The molecular formula is C60H83N3O10. The molecule has 0 spiro atoms. The summed E-state index contributed by atoms with van der Waals surface area (Å²) in [4.78, 5) is 103. The van der Waals surface area contributed by atoms with Crippen molar-refractivity contribution in [1.29, 1.82) is 0 Å². The largest absolute Gasteiger partial charge is 0.488 e. The predicted octanol–water partition coefficient (Wildman–Crippen LogP) is 10.6. The quantitative estimate of drug-likeness (QED) is 0.101. The molecule has 1 fully saturated rings. The monoisotopic (exact) mass is 1010 g/mol. The Bertz CT molecular complexity index is 2380. The average Bonchev–Trinajstić information content (AvgIpc) is 3.40. The molecule has 3 aromatic rings. The molecule has 13 nitrogen and oxygen atoms in total. The number of rotatable bonds is 21. The summed E-state index contributed by atoms with van der Waals surface area (Å²) in [7, 11) is 0. The molecule has 2 amide bonds. The van der Waals surface area contributed by atoms with Crippen molar-refractivity contribution in [3.05, 3.63) is 90.0 Å². The third kappa shape index (κ3) is 18.5. The average molecular weight is 1010 g/mol. The SMILES string of the molecule is CC(C)(C)OC(=O)[C@@H](CC(=O)CC[C@@H](NC(=O)[C@@H](CC(=O)C[C@@H]1CN(C2CCCCC2)c2ccccc2N(CC(=O)C(C)(C)C)C1=O)Cc1ccccc1)C(=O)OC(C)(C)C)Cc1ccc(OC(C)(C)C)cc1. The fourth-order valence-electron chi connectivity index (χ4n) is 9.46. The van der Waals surface area contributed by atoms with Crippen molar-refractivity contribution >= 4 is 52.5 Å². The third-order valence-corrected chi connectivity index (χ3v) is 13.1. The summed E-state index contributed by atoms with van der Waals surface area (Å²) in [5.41, 5.74) is 0.277. The van der Waals surface area contributed by atoms with E-state index < -0.39 is 63.9 Å². The number of Topliss-reactive ketones (excluding diaryl/α,β-unsaturated/α-hetero) is 3. The van der Waals surface area contributed by atoms with E-state index in [1.165, 1.54) is 0 Å². The van der Waals surface area contributed by atoms with Gasteiger partial charge in [-0.05, 0) is 130 Å². The van der Waals surface area contributed by atoms with Crippen LogP contribution in [0.15, 0.2) is 78.9 Å². The van der Waals surface area contributed by atoms with Crippen molar-refractivity contribution in [3.8, 4) is 5.75 Å². The summed E-state index contributed by atoms with van der Waals surface area (Å²) in [5.74, 6) is -4.79. The lowest BCUT2D eigenvalue weighted by molar-refractivity contribution is -0.161. The number of anilines is 2. The molecule has 5 rings (SSSR count). The first-order valence-corrected chi connectivity index (χ1v) is 26.4. The summed E-state index contributed by atoms with van der Waals surface area (Å²) in [6.07, 6.45) is 4.66. The standard InChI is InChI=1S/C60H83N3O10/c1-57(2,3)52(66)39-63-51-26-20-19-25-50(51)62(45-23-17-14-18-24-45)38-44(54(63)68)37-47(65)35-42(33-40-21-15-13-16-22-40)53(67)61-49(56(70)73-60(10,11)12)32-29-46(64)36-43(55(69)72-59(7,8)9)34-41-27-30-48(31-28-41)71-58(4,5)6/h13,15-16,19-22,25-28,30-31,42-45,49H,14,17-18,23-24,29,32-39H2,1-12H3,(H,61,67)/t42-,43-,44-,49-/m1/s1. The van der Waals surface area contributed by atoms with Crippen LogP contribution in [0.3, 0.4) is 0 Å². The Hall–Kier alpha value is -5.85. The predicted molar refractivity (Wildman–Crippen MR) is 285 cm³/mol. The van der Waals surface area contributed by atoms with Gasteiger partial charge < -0.3 is 29.3 Å². The molecule has 1 aliphatic heterocycles. The molecule has 1 heterocycles. The second-order valence-electron chi connectivity index (χ2n) is 24.2. The van der Waals surface area contributed by atoms with E-state index in [1.54, 1.807) is 46.4 Å². The van der Waals surface area contributed by atoms with Crippen LogP contribution in [0.4, 0.5) is 11.4 Å². The topological polar surface area (TPSA) is 166 Å². The highest BCUT2D eigenvalue weighted by Gasteiger charge is 2.40. The van der Waals surface area contributed by atoms with Gasteiger partial charge in [0.2, 0.25) is 11.8 Å². The number of hydrogen-bond acceptors (Lipinski definition) is 11. The molecule has 3 aromatic carbocycles. The van der Waals surface area contributed by atoms with Gasteiger partial charge in [-0.3, -0.25) is 28.8 Å². The van der Waals surface area contributed by atoms with Gasteiger partial charge in [0, 0.05) is 49.6 Å².